The summed E-state index contributed by atoms with van der Waals surface area (Å²) in [5.74, 6) is -1.01. The first-order chi connectivity index (χ1) is 9.05. The number of nitrogens with one attached hydrogen (secondary N) is 2. The minimum Gasteiger partial charge on any atom is -0.480 e. The topological polar surface area (TPSA) is 78.4 Å². The molecule has 1 amide bonds. The molecule has 1 atom stereocenters. The van der Waals surface area contributed by atoms with Gasteiger partial charge < -0.3 is 15.7 Å². The molecule has 19 heavy (non-hydrogen) atoms. The zero-order valence-electron chi connectivity index (χ0n) is 11.6. The van der Waals surface area contributed by atoms with Crippen LogP contribution in [0.2, 0.25) is 0 Å². The average molecular weight is 268 g/mol. The van der Waals surface area contributed by atoms with E-state index >= 15 is 0 Å². The van der Waals surface area contributed by atoms with Crippen LogP contribution in [-0.2, 0) is 9.59 Å². The van der Waals surface area contributed by atoms with Gasteiger partial charge in [0.15, 0.2) is 0 Å². The smallest absolute Gasteiger partial charge is 0.329 e. The van der Waals surface area contributed by atoms with E-state index in [2.05, 4.69) is 10.6 Å². The van der Waals surface area contributed by atoms with Crippen LogP contribution < -0.4 is 10.6 Å². The molecule has 1 saturated carbocycles. The van der Waals surface area contributed by atoms with Gasteiger partial charge >= 0.3 is 5.97 Å². The predicted molar refractivity (Wildman–Crippen MR) is 71.9 cm³/mol. The summed E-state index contributed by atoms with van der Waals surface area (Å²) in [6.07, 6.45) is 6.38. The van der Waals surface area contributed by atoms with Crippen molar-refractivity contribution in [3.63, 3.8) is 0 Å². The molecule has 0 aromatic rings. The molecule has 108 valence electrons. The Kier molecular flexibility index (Phi) is 4.13. The molecule has 5 nitrogen and oxygen atoms in total. The third-order valence-corrected chi connectivity index (χ3v) is 4.75. The highest BCUT2D eigenvalue weighted by atomic mass is 16.4. The molecule has 2 aliphatic rings. The lowest BCUT2D eigenvalue weighted by Crippen LogP contribution is -2.63. The Hall–Kier alpha value is -1.10. The van der Waals surface area contributed by atoms with Crippen molar-refractivity contribution in [2.45, 2.75) is 69.4 Å². The quantitative estimate of drug-likeness (QED) is 0.720. The van der Waals surface area contributed by atoms with Crippen LogP contribution in [-0.4, -0.2) is 34.6 Å². The molecule has 0 radical (unpaired) electrons. The maximum atomic E-state index is 12.5. The number of carboxylic acid groups (broad SMARTS) is 1. The molecule has 2 fully saturated rings. The summed E-state index contributed by atoms with van der Waals surface area (Å²) in [5.41, 5.74) is -1.60. The number of carbonyl (C=O) groups excluding carboxylic acids is 1. The Balaban J connectivity index is 2.12. The molecular weight excluding hydrogens is 244 g/mol. The Morgan fingerprint density at radius 2 is 1.84 bits per heavy atom. The van der Waals surface area contributed by atoms with Gasteiger partial charge in [0, 0.05) is 0 Å². The van der Waals surface area contributed by atoms with Crippen molar-refractivity contribution in [3.05, 3.63) is 0 Å². The third-order valence-electron chi connectivity index (χ3n) is 4.75. The van der Waals surface area contributed by atoms with Crippen LogP contribution in [0.4, 0.5) is 0 Å². The fourth-order valence-corrected chi connectivity index (χ4v) is 3.35. The summed E-state index contributed by atoms with van der Waals surface area (Å²) in [7, 11) is 0. The van der Waals surface area contributed by atoms with E-state index in [4.69, 9.17) is 0 Å². The fourth-order valence-electron chi connectivity index (χ4n) is 3.35. The first-order valence-corrected chi connectivity index (χ1v) is 7.36. The number of carbonyl (C=O) groups is 2. The molecule has 0 aromatic carbocycles. The van der Waals surface area contributed by atoms with Crippen molar-refractivity contribution >= 4 is 11.9 Å². The minimum atomic E-state index is -1.04. The van der Waals surface area contributed by atoms with Crippen LogP contribution in [0.25, 0.3) is 0 Å². The average Bonchev–Trinajstić information content (AvgIpc) is 2.89. The van der Waals surface area contributed by atoms with Crippen LogP contribution in [0.5, 0.6) is 0 Å². The fraction of sp³-hybridized carbons (Fsp3) is 0.857. The Bertz CT molecular complexity index is 356. The van der Waals surface area contributed by atoms with Crippen LogP contribution in [0.3, 0.4) is 0 Å². The van der Waals surface area contributed by atoms with Gasteiger partial charge in [0.2, 0.25) is 5.91 Å². The van der Waals surface area contributed by atoms with Gasteiger partial charge in [-0.2, -0.15) is 0 Å². The summed E-state index contributed by atoms with van der Waals surface area (Å²) in [6, 6.07) is 0. The number of aliphatic carboxylic acids is 1. The Morgan fingerprint density at radius 1 is 1.16 bits per heavy atom. The molecule has 1 aliphatic carbocycles. The predicted octanol–water partition coefficient (Wildman–Crippen LogP) is 1.42. The molecule has 3 N–H and O–H groups in total. The number of amides is 1. The number of rotatable bonds is 4. The van der Waals surface area contributed by atoms with Gasteiger partial charge in [0.05, 0.1) is 5.54 Å². The first-order valence-electron chi connectivity index (χ1n) is 7.36. The van der Waals surface area contributed by atoms with Gasteiger partial charge in [-0.3, -0.25) is 4.79 Å². The lowest BCUT2D eigenvalue weighted by Gasteiger charge is -2.37. The summed E-state index contributed by atoms with van der Waals surface area (Å²) < 4.78 is 0. The van der Waals surface area contributed by atoms with E-state index < -0.39 is 17.0 Å². The highest BCUT2D eigenvalue weighted by Gasteiger charge is 2.46. The summed E-state index contributed by atoms with van der Waals surface area (Å²) in [5, 5.41) is 15.6. The van der Waals surface area contributed by atoms with E-state index in [0.29, 0.717) is 19.3 Å². The molecule has 0 spiro atoms. The summed E-state index contributed by atoms with van der Waals surface area (Å²) >= 11 is 0. The molecule has 5 heteroatoms. The lowest BCUT2D eigenvalue weighted by molar-refractivity contribution is -0.150. The van der Waals surface area contributed by atoms with Crippen LogP contribution in [0.15, 0.2) is 0 Å². The summed E-state index contributed by atoms with van der Waals surface area (Å²) in [6.45, 7) is 2.81. The molecule has 2 rings (SSSR count). The zero-order chi connectivity index (χ0) is 13.9. The highest BCUT2D eigenvalue weighted by molar-refractivity contribution is 5.92. The molecule has 0 bridgehead atoms. The van der Waals surface area contributed by atoms with Gasteiger partial charge in [-0.05, 0) is 38.6 Å². The van der Waals surface area contributed by atoms with Gasteiger partial charge in [-0.25, -0.2) is 4.79 Å². The SMILES string of the molecule is CCC1(C(=O)NC2(C(=O)O)CCCCC2)CCCN1. The van der Waals surface area contributed by atoms with E-state index in [1.165, 1.54) is 0 Å². The number of hydrogen-bond acceptors (Lipinski definition) is 3. The summed E-state index contributed by atoms with van der Waals surface area (Å²) in [4.78, 5) is 24.1. The molecule has 1 unspecified atom stereocenters. The minimum absolute atomic E-state index is 0.128. The molecule has 0 aromatic heterocycles. The Labute approximate surface area is 114 Å². The molecule has 1 saturated heterocycles. The largest absolute Gasteiger partial charge is 0.480 e. The van der Waals surface area contributed by atoms with Crippen molar-refractivity contribution in [3.8, 4) is 0 Å². The zero-order valence-corrected chi connectivity index (χ0v) is 11.6. The van der Waals surface area contributed by atoms with Gasteiger partial charge in [0.25, 0.3) is 0 Å². The van der Waals surface area contributed by atoms with Crippen molar-refractivity contribution in [1.82, 2.24) is 10.6 Å². The normalized spacial score (nSPS) is 29.9. The third kappa shape index (κ3) is 2.61. The van der Waals surface area contributed by atoms with E-state index in [-0.39, 0.29) is 5.91 Å². The van der Waals surface area contributed by atoms with Gasteiger partial charge in [-0.15, -0.1) is 0 Å². The lowest BCUT2D eigenvalue weighted by atomic mass is 9.80. The van der Waals surface area contributed by atoms with E-state index in [1.54, 1.807) is 0 Å². The van der Waals surface area contributed by atoms with Crippen molar-refractivity contribution in [2.75, 3.05) is 6.54 Å². The van der Waals surface area contributed by atoms with E-state index in [1.807, 2.05) is 6.92 Å². The monoisotopic (exact) mass is 268 g/mol. The van der Waals surface area contributed by atoms with Gasteiger partial charge in [0.1, 0.15) is 5.54 Å². The van der Waals surface area contributed by atoms with E-state index in [0.717, 1.165) is 38.6 Å². The van der Waals surface area contributed by atoms with Crippen LogP contribution >= 0.6 is 0 Å². The Morgan fingerprint density at radius 3 is 2.32 bits per heavy atom. The van der Waals surface area contributed by atoms with Crippen molar-refractivity contribution < 1.29 is 14.7 Å². The molecule has 1 heterocycles. The number of hydrogen-bond donors (Lipinski definition) is 3. The maximum Gasteiger partial charge on any atom is 0.329 e. The first kappa shape index (κ1) is 14.3. The highest BCUT2D eigenvalue weighted by Crippen LogP contribution is 2.31. The van der Waals surface area contributed by atoms with Crippen molar-refractivity contribution in [2.24, 2.45) is 0 Å². The molecular formula is C14H24N2O3. The standard InChI is InChI=1S/C14H24N2O3/c1-2-13(9-6-10-15-13)11(17)16-14(12(18)19)7-4-3-5-8-14/h15H,2-10H2,1H3,(H,16,17)(H,18,19). The second-order valence-electron chi connectivity index (χ2n) is 5.87. The van der Waals surface area contributed by atoms with E-state index in [9.17, 15) is 14.7 Å². The van der Waals surface area contributed by atoms with Crippen LogP contribution in [0, 0.1) is 0 Å². The second kappa shape index (κ2) is 5.49. The second-order valence-corrected chi connectivity index (χ2v) is 5.87. The van der Waals surface area contributed by atoms with Crippen LogP contribution in [0.1, 0.15) is 58.3 Å². The molecule has 1 aliphatic heterocycles. The van der Waals surface area contributed by atoms with Gasteiger partial charge in [-0.1, -0.05) is 26.2 Å². The maximum absolute atomic E-state index is 12.5. The van der Waals surface area contributed by atoms with Crippen molar-refractivity contribution in [1.29, 1.82) is 0 Å². The number of carboxylic acids is 1.